The molecular weight excluding hydrogens is 560 g/mol. The molecule has 236 valence electrons. The molecule has 4 rings (SSSR count). The summed E-state index contributed by atoms with van der Waals surface area (Å²) in [4.78, 5) is 25.3. The molecule has 1 amide bonds. The highest BCUT2D eigenvalue weighted by Gasteiger charge is 2.34. The Balaban J connectivity index is 1.45. The Morgan fingerprint density at radius 3 is 2.36 bits per heavy atom. The van der Waals surface area contributed by atoms with Gasteiger partial charge in [0.1, 0.15) is 0 Å². The van der Waals surface area contributed by atoms with E-state index in [4.69, 9.17) is 14.6 Å². The molecule has 3 aromatic carbocycles. The van der Waals surface area contributed by atoms with E-state index >= 15 is 0 Å². The normalized spacial score (nSPS) is 19.8. The van der Waals surface area contributed by atoms with Gasteiger partial charge in [-0.1, -0.05) is 73.2 Å². The minimum Gasteiger partial charge on any atom is -0.481 e. The van der Waals surface area contributed by atoms with Crippen molar-refractivity contribution in [1.29, 1.82) is 0 Å². The van der Waals surface area contributed by atoms with Gasteiger partial charge in [0.25, 0.3) is 0 Å². The topological polar surface area (TPSA) is 129 Å². The number of carboxylic acid groups (broad SMARTS) is 1. The molecule has 3 aromatic rings. The predicted molar refractivity (Wildman–Crippen MR) is 168 cm³/mol. The maximum Gasteiger partial charge on any atom is 0.303 e. The summed E-state index contributed by atoms with van der Waals surface area (Å²) < 4.78 is 13.0. The van der Waals surface area contributed by atoms with Gasteiger partial charge in [-0.05, 0) is 55.6 Å². The first-order valence-electron chi connectivity index (χ1n) is 15.3. The van der Waals surface area contributed by atoms with E-state index in [0.29, 0.717) is 44.3 Å². The number of benzene rings is 3. The number of carbonyl (C=O) groups is 2. The van der Waals surface area contributed by atoms with E-state index in [0.717, 1.165) is 22.3 Å². The monoisotopic (exact) mass is 604 g/mol. The zero-order valence-electron chi connectivity index (χ0n) is 25.5. The second-order valence-electron chi connectivity index (χ2n) is 11.5. The minimum absolute atomic E-state index is 0.0343. The highest BCUT2D eigenvalue weighted by atomic mass is 16.7. The number of amides is 1. The van der Waals surface area contributed by atoms with Crippen LogP contribution in [-0.4, -0.2) is 57.8 Å². The second kappa shape index (κ2) is 16.5. The van der Waals surface area contributed by atoms with E-state index in [2.05, 4.69) is 10.2 Å². The number of hydrogen-bond donors (Lipinski definition) is 4. The summed E-state index contributed by atoms with van der Waals surface area (Å²) in [7, 11) is 1.98. The lowest BCUT2D eigenvalue weighted by molar-refractivity contribution is -0.253. The fraction of sp³-hybridized carbons (Fsp3) is 0.429. The van der Waals surface area contributed by atoms with Gasteiger partial charge in [0.15, 0.2) is 6.29 Å². The van der Waals surface area contributed by atoms with Crippen molar-refractivity contribution >= 4 is 17.6 Å². The number of ether oxygens (including phenoxy) is 2. The van der Waals surface area contributed by atoms with Crippen molar-refractivity contribution in [3.05, 3.63) is 101 Å². The number of anilines is 1. The first-order chi connectivity index (χ1) is 21.2. The maximum absolute atomic E-state index is 12.5. The second-order valence-corrected chi connectivity index (χ2v) is 11.5. The molecule has 9 heteroatoms. The number of carbonyl (C=O) groups excluding carboxylic acids is 1. The average Bonchev–Trinajstić information content (AvgIpc) is 3.04. The van der Waals surface area contributed by atoms with Gasteiger partial charge >= 0.3 is 5.97 Å². The zero-order valence-corrected chi connectivity index (χ0v) is 25.5. The van der Waals surface area contributed by atoms with Crippen LogP contribution in [0.2, 0.25) is 0 Å². The summed E-state index contributed by atoms with van der Waals surface area (Å²) in [6.45, 7) is 2.53. The summed E-state index contributed by atoms with van der Waals surface area (Å²) in [5, 5.41) is 32.2. The minimum atomic E-state index is -0.823. The molecule has 0 aromatic heterocycles. The molecular formula is C35H44N2O7. The molecule has 0 unspecified atom stereocenters. The Bertz CT molecular complexity index is 1330. The van der Waals surface area contributed by atoms with E-state index in [-0.39, 0.29) is 37.2 Å². The van der Waals surface area contributed by atoms with Gasteiger partial charge in [-0.15, -0.1) is 0 Å². The summed E-state index contributed by atoms with van der Waals surface area (Å²) in [5.74, 6) is -0.953. The van der Waals surface area contributed by atoms with Crippen LogP contribution in [0.15, 0.2) is 78.9 Å². The van der Waals surface area contributed by atoms with Crippen LogP contribution in [0.5, 0.6) is 0 Å². The van der Waals surface area contributed by atoms with Crippen molar-refractivity contribution < 1.29 is 34.4 Å². The average molecular weight is 605 g/mol. The predicted octanol–water partition coefficient (Wildman–Crippen LogP) is 5.75. The number of aliphatic hydroxyl groups excluding tert-OH is 2. The van der Waals surface area contributed by atoms with Crippen LogP contribution in [0.25, 0.3) is 0 Å². The Labute approximate surface area is 259 Å². The molecule has 1 aliphatic heterocycles. The first kappa shape index (κ1) is 33.3. The lowest BCUT2D eigenvalue weighted by Crippen LogP contribution is -2.43. The van der Waals surface area contributed by atoms with Crippen molar-refractivity contribution in [1.82, 2.24) is 4.90 Å². The Kier molecular flexibility index (Phi) is 12.5. The van der Waals surface area contributed by atoms with E-state index in [9.17, 15) is 19.8 Å². The number of nitrogens with zero attached hydrogens (tertiary/aromatic N) is 1. The lowest BCUT2D eigenvalue weighted by atomic mass is 9.98. The van der Waals surface area contributed by atoms with Gasteiger partial charge in [0, 0.05) is 43.1 Å². The lowest BCUT2D eigenvalue weighted by Gasteiger charge is -2.39. The van der Waals surface area contributed by atoms with Crippen molar-refractivity contribution in [2.24, 2.45) is 0 Å². The first-order valence-corrected chi connectivity index (χ1v) is 15.3. The molecule has 44 heavy (non-hydrogen) atoms. The van der Waals surface area contributed by atoms with Gasteiger partial charge in [-0.3, -0.25) is 14.5 Å². The van der Waals surface area contributed by atoms with Crippen molar-refractivity contribution in [3.8, 4) is 0 Å². The molecule has 0 bridgehead atoms. The standard InChI is InChI=1S/C35H44N2O7/c1-24(34(42)27-10-5-3-6-11-27)37(2)22-30-21-31(26-18-16-25(23-38)17-19-26)44-35(43-30)28-12-9-13-29(20-28)36-32(39)14-7-4-8-15-33(40)41/h3,5-6,9-13,16-20,24,30-31,34-35,38,42H,4,7-8,14-15,21-23H2,1-2H3,(H,36,39)(H,40,41)/t24-,30-,31+,34-,35+/m1/s1. The summed E-state index contributed by atoms with van der Waals surface area (Å²) in [6, 6.07) is 24.6. The maximum atomic E-state index is 12.5. The van der Waals surface area contributed by atoms with Crippen molar-refractivity contribution in [2.75, 3.05) is 18.9 Å². The number of aliphatic carboxylic acids is 1. The number of hydrogen-bond acceptors (Lipinski definition) is 7. The van der Waals surface area contributed by atoms with Crippen LogP contribution in [0.1, 0.15) is 86.2 Å². The SMILES string of the molecule is C[C@H]([C@@H](O)c1ccccc1)N(C)C[C@H]1C[C@@H](c2ccc(CO)cc2)O[C@@H](c2cccc(NC(=O)CCCCCC(=O)O)c2)O1. The molecule has 0 aliphatic carbocycles. The molecule has 4 N–H and O–H groups in total. The molecule has 0 spiro atoms. The Morgan fingerprint density at radius 2 is 1.66 bits per heavy atom. The van der Waals surface area contributed by atoms with E-state index in [1.807, 2.05) is 92.8 Å². The summed E-state index contributed by atoms with van der Waals surface area (Å²) >= 11 is 0. The third-order valence-corrected chi connectivity index (χ3v) is 8.14. The quantitative estimate of drug-likeness (QED) is 0.162. The fourth-order valence-electron chi connectivity index (χ4n) is 5.42. The molecule has 1 saturated heterocycles. The number of unbranched alkanes of at least 4 members (excludes halogenated alkanes) is 2. The zero-order chi connectivity index (χ0) is 31.5. The van der Waals surface area contributed by atoms with Crippen LogP contribution in [0, 0.1) is 0 Å². The van der Waals surface area contributed by atoms with Crippen LogP contribution in [0.3, 0.4) is 0 Å². The summed E-state index contributed by atoms with van der Waals surface area (Å²) in [6.07, 6.45) is 1.06. The molecule has 5 atom stereocenters. The summed E-state index contributed by atoms with van der Waals surface area (Å²) in [5.41, 5.74) is 4.06. The van der Waals surface area contributed by atoms with Crippen molar-refractivity contribution in [3.63, 3.8) is 0 Å². The Morgan fingerprint density at radius 1 is 0.932 bits per heavy atom. The van der Waals surface area contributed by atoms with Crippen LogP contribution in [0.4, 0.5) is 5.69 Å². The highest BCUT2D eigenvalue weighted by molar-refractivity contribution is 5.90. The fourth-order valence-corrected chi connectivity index (χ4v) is 5.42. The van der Waals surface area contributed by atoms with Gasteiger partial charge in [-0.2, -0.15) is 0 Å². The molecule has 1 heterocycles. The number of likely N-dealkylation sites (N-methyl/N-ethyl adjacent to an activating group) is 1. The third-order valence-electron chi connectivity index (χ3n) is 8.14. The van der Waals surface area contributed by atoms with Crippen LogP contribution < -0.4 is 5.32 Å². The van der Waals surface area contributed by atoms with Gasteiger partial charge in [0.05, 0.1) is 24.9 Å². The smallest absolute Gasteiger partial charge is 0.303 e. The number of nitrogens with one attached hydrogen (secondary N) is 1. The molecule has 9 nitrogen and oxygen atoms in total. The van der Waals surface area contributed by atoms with E-state index in [1.54, 1.807) is 0 Å². The number of rotatable bonds is 15. The highest BCUT2D eigenvalue weighted by Crippen LogP contribution is 2.39. The van der Waals surface area contributed by atoms with Crippen molar-refractivity contribution in [2.45, 2.75) is 82.7 Å². The Hall–Kier alpha value is -3.60. The molecule has 0 radical (unpaired) electrons. The number of carboxylic acids is 1. The van der Waals surface area contributed by atoms with E-state index in [1.165, 1.54) is 0 Å². The van der Waals surface area contributed by atoms with Gasteiger partial charge in [-0.25, -0.2) is 0 Å². The van der Waals surface area contributed by atoms with Gasteiger partial charge < -0.3 is 30.1 Å². The molecule has 1 fully saturated rings. The van der Waals surface area contributed by atoms with Gasteiger partial charge in [0.2, 0.25) is 5.91 Å². The van der Waals surface area contributed by atoms with Crippen LogP contribution in [-0.2, 0) is 25.7 Å². The van der Waals surface area contributed by atoms with E-state index < -0.39 is 18.4 Å². The largest absolute Gasteiger partial charge is 0.481 e. The third kappa shape index (κ3) is 9.70. The van der Waals surface area contributed by atoms with Crippen LogP contribution >= 0.6 is 0 Å². The molecule has 0 saturated carbocycles. The molecule has 1 aliphatic rings. The number of aliphatic hydroxyl groups is 2.